The lowest BCUT2D eigenvalue weighted by atomic mass is 9.88. The largest absolute Gasteiger partial charge is 0.497 e. The number of ether oxygens (including phenoxy) is 2. The van der Waals surface area contributed by atoms with Crippen molar-refractivity contribution in [2.75, 3.05) is 40.4 Å². The molecule has 21 heavy (non-hydrogen) atoms. The van der Waals surface area contributed by atoms with Gasteiger partial charge in [-0.15, -0.1) is 12.4 Å². The van der Waals surface area contributed by atoms with Crippen LogP contribution in [0.4, 0.5) is 0 Å². The molecule has 5 heteroatoms. The average molecular weight is 313 g/mol. The molecule has 2 aliphatic rings. The summed E-state index contributed by atoms with van der Waals surface area (Å²) < 4.78 is 10.8. The van der Waals surface area contributed by atoms with Crippen LogP contribution in [-0.2, 0) is 6.54 Å². The van der Waals surface area contributed by atoms with Gasteiger partial charge in [0.05, 0.1) is 14.2 Å². The number of halogens is 1. The maximum Gasteiger partial charge on any atom is 0.127 e. The molecule has 0 aliphatic carbocycles. The minimum absolute atomic E-state index is 0. The van der Waals surface area contributed by atoms with Crippen molar-refractivity contribution in [1.29, 1.82) is 0 Å². The topological polar surface area (TPSA) is 33.7 Å². The molecule has 3 rings (SSSR count). The summed E-state index contributed by atoms with van der Waals surface area (Å²) in [6.45, 7) is 5.76. The molecule has 0 amide bonds. The number of hydrogen-bond acceptors (Lipinski definition) is 4. The van der Waals surface area contributed by atoms with Crippen molar-refractivity contribution in [3.05, 3.63) is 23.8 Å². The van der Waals surface area contributed by atoms with Crippen molar-refractivity contribution in [2.24, 2.45) is 11.8 Å². The summed E-state index contributed by atoms with van der Waals surface area (Å²) in [5.74, 6) is 3.50. The molecule has 0 bridgehead atoms. The molecule has 1 aromatic carbocycles. The molecule has 1 aromatic rings. The minimum atomic E-state index is 0. The van der Waals surface area contributed by atoms with Gasteiger partial charge in [-0.1, -0.05) is 6.07 Å². The van der Waals surface area contributed by atoms with E-state index in [1.807, 2.05) is 12.1 Å². The number of fused-ring (bicyclic) bond motifs is 1. The number of nitrogens with zero attached hydrogens (tertiary/aromatic N) is 1. The molecule has 0 saturated carbocycles. The number of nitrogens with one attached hydrogen (secondary N) is 1. The Morgan fingerprint density at radius 1 is 1.19 bits per heavy atom. The third-order valence-corrected chi connectivity index (χ3v) is 4.68. The van der Waals surface area contributed by atoms with Gasteiger partial charge in [-0.3, -0.25) is 4.90 Å². The zero-order valence-corrected chi connectivity index (χ0v) is 13.6. The fraction of sp³-hybridized carbons (Fsp3) is 0.625. The Morgan fingerprint density at radius 3 is 2.76 bits per heavy atom. The second-order valence-corrected chi connectivity index (χ2v) is 5.88. The summed E-state index contributed by atoms with van der Waals surface area (Å²) >= 11 is 0. The first-order valence-corrected chi connectivity index (χ1v) is 7.44. The van der Waals surface area contributed by atoms with E-state index in [1.165, 1.54) is 38.2 Å². The second-order valence-electron chi connectivity index (χ2n) is 5.88. The van der Waals surface area contributed by atoms with Crippen LogP contribution in [0.15, 0.2) is 18.2 Å². The van der Waals surface area contributed by atoms with E-state index in [0.717, 1.165) is 29.9 Å². The van der Waals surface area contributed by atoms with Gasteiger partial charge < -0.3 is 14.8 Å². The van der Waals surface area contributed by atoms with Gasteiger partial charge in [-0.2, -0.15) is 0 Å². The van der Waals surface area contributed by atoms with Crippen LogP contribution in [0.1, 0.15) is 12.0 Å². The highest BCUT2D eigenvalue weighted by atomic mass is 35.5. The van der Waals surface area contributed by atoms with E-state index in [1.54, 1.807) is 14.2 Å². The first-order chi connectivity index (χ1) is 9.80. The monoisotopic (exact) mass is 312 g/mol. The van der Waals surface area contributed by atoms with Gasteiger partial charge in [-0.05, 0) is 44.0 Å². The lowest BCUT2D eigenvalue weighted by Gasteiger charge is -2.34. The van der Waals surface area contributed by atoms with E-state index in [2.05, 4.69) is 16.3 Å². The Morgan fingerprint density at radius 2 is 2.00 bits per heavy atom. The molecular weight excluding hydrogens is 288 g/mol. The van der Waals surface area contributed by atoms with Crippen molar-refractivity contribution >= 4 is 12.4 Å². The van der Waals surface area contributed by atoms with E-state index in [0.29, 0.717) is 0 Å². The lowest BCUT2D eigenvalue weighted by Crippen LogP contribution is -2.39. The number of hydrogen-bond donors (Lipinski definition) is 1. The molecule has 2 unspecified atom stereocenters. The summed E-state index contributed by atoms with van der Waals surface area (Å²) in [7, 11) is 3.41. The number of methoxy groups -OCH3 is 2. The van der Waals surface area contributed by atoms with Crippen molar-refractivity contribution in [3.8, 4) is 11.5 Å². The van der Waals surface area contributed by atoms with Crippen molar-refractivity contribution < 1.29 is 9.47 Å². The highest BCUT2D eigenvalue weighted by molar-refractivity contribution is 5.85. The summed E-state index contributed by atoms with van der Waals surface area (Å²) in [4.78, 5) is 2.55. The zero-order valence-electron chi connectivity index (χ0n) is 12.8. The summed E-state index contributed by atoms with van der Waals surface area (Å²) in [5.41, 5.74) is 1.25. The molecular formula is C16H25ClN2O2. The van der Waals surface area contributed by atoms with Gasteiger partial charge in [-0.25, -0.2) is 0 Å². The third kappa shape index (κ3) is 3.62. The van der Waals surface area contributed by atoms with Crippen LogP contribution in [0.5, 0.6) is 11.5 Å². The molecule has 1 N–H and O–H groups in total. The molecule has 2 saturated heterocycles. The summed E-state index contributed by atoms with van der Waals surface area (Å²) in [6.07, 6.45) is 1.32. The van der Waals surface area contributed by atoms with E-state index in [9.17, 15) is 0 Å². The average Bonchev–Trinajstić information content (AvgIpc) is 2.95. The number of piperidine rings is 1. The lowest BCUT2D eigenvalue weighted by molar-refractivity contribution is 0.141. The Labute approximate surface area is 133 Å². The zero-order chi connectivity index (χ0) is 13.9. The Balaban J connectivity index is 0.00000161. The van der Waals surface area contributed by atoms with Crippen molar-refractivity contribution in [3.63, 3.8) is 0 Å². The SMILES string of the molecule is COc1ccc(CN2CCC3CNCC3C2)c(OC)c1.Cl. The highest BCUT2D eigenvalue weighted by Crippen LogP contribution is 2.30. The molecule has 2 atom stereocenters. The van der Waals surface area contributed by atoms with Crippen molar-refractivity contribution in [2.45, 2.75) is 13.0 Å². The van der Waals surface area contributed by atoms with E-state index in [-0.39, 0.29) is 12.4 Å². The van der Waals surface area contributed by atoms with Crippen LogP contribution in [0.2, 0.25) is 0 Å². The smallest absolute Gasteiger partial charge is 0.127 e. The highest BCUT2D eigenvalue weighted by Gasteiger charge is 2.32. The van der Waals surface area contributed by atoms with Crippen LogP contribution in [0, 0.1) is 11.8 Å². The molecule has 0 aromatic heterocycles. The quantitative estimate of drug-likeness (QED) is 0.924. The van der Waals surface area contributed by atoms with Crippen LogP contribution in [-0.4, -0.2) is 45.3 Å². The van der Waals surface area contributed by atoms with Gasteiger partial charge in [0, 0.05) is 24.7 Å². The first-order valence-electron chi connectivity index (χ1n) is 7.44. The molecule has 0 spiro atoms. The fourth-order valence-corrected chi connectivity index (χ4v) is 3.48. The Bertz CT molecular complexity index is 470. The van der Waals surface area contributed by atoms with Crippen LogP contribution >= 0.6 is 12.4 Å². The van der Waals surface area contributed by atoms with Gasteiger partial charge in [0.25, 0.3) is 0 Å². The molecule has 0 radical (unpaired) electrons. The van der Waals surface area contributed by atoms with E-state index >= 15 is 0 Å². The number of benzene rings is 1. The standard InChI is InChI=1S/C16H24N2O2.ClH/c1-19-15-4-3-13(16(7-15)20-2)10-18-6-5-12-8-17-9-14(12)11-18;/h3-4,7,12,14,17H,5-6,8-11H2,1-2H3;1H. The van der Waals surface area contributed by atoms with Gasteiger partial charge >= 0.3 is 0 Å². The van der Waals surface area contributed by atoms with Gasteiger partial charge in [0.2, 0.25) is 0 Å². The predicted molar refractivity (Wildman–Crippen MR) is 86.5 cm³/mol. The van der Waals surface area contributed by atoms with E-state index < -0.39 is 0 Å². The Kier molecular flexibility index (Phi) is 5.73. The second kappa shape index (κ2) is 7.34. The third-order valence-electron chi connectivity index (χ3n) is 4.68. The molecule has 2 fully saturated rings. The Hall–Kier alpha value is -0.970. The fourth-order valence-electron chi connectivity index (χ4n) is 3.48. The molecule has 4 nitrogen and oxygen atoms in total. The molecule has 2 aliphatic heterocycles. The van der Waals surface area contributed by atoms with Gasteiger partial charge in [0.15, 0.2) is 0 Å². The predicted octanol–water partition coefficient (Wildman–Crippen LogP) is 2.17. The molecule has 2 heterocycles. The van der Waals surface area contributed by atoms with Crippen molar-refractivity contribution in [1.82, 2.24) is 10.2 Å². The maximum absolute atomic E-state index is 5.50. The minimum Gasteiger partial charge on any atom is -0.497 e. The van der Waals surface area contributed by atoms with Crippen LogP contribution in [0.3, 0.4) is 0 Å². The summed E-state index contributed by atoms with van der Waals surface area (Å²) in [5, 5.41) is 3.52. The van der Waals surface area contributed by atoms with Gasteiger partial charge in [0.1, 0.15) is 11.5 Å². The molecule has 118 valence electrons. The van der Waals surface area contributed by atoms with E-state index in [4.69, 9.17) is 9.47 Å². The first kappa shape index (κ1) is 16.4. The van der Waals surface area contributed by atoms with Crippen LogP contribution in [0.25, 0.3) is 0 Å². The normalized spacial score (nSPS) is 25.0. The number of likely N-dealkylation sites (tertiary alicyclic amines) is 1. The summed E-state index contributed by atoms with van der Waals surface area (Å²) in [6, 6.07) is 6.11. The van der Waals surface area contributed by atoms with Crippen LogP contribution < -0.4 is 14.8 Å². The maximum atomic E-state index is 5.50. The number of rotatable bonds is 4.